The van der Waals surface area contributed by atoms with Gasteiger partial charge in [0.15, 0.2) is 0 Å². The first-order valence-corrected chi connectivity index (χ1v) is 9.47. The highest BCUT2D eigenvalue weighted by Crippen LogP contribution is 2.32. The van der Waals surface area contributed by atoms with E-state index >= 15 is 0 Å². The number of nitrogens with one attached hydrogen (secondary N) is 1. The first kappa shape index (κ1) is 18.6. The number of rotatable bonds is 4. The summed E-state index contributed by atoms with van der Waals surface area (Å²) >= 11 is 17.7. The number of benzene rings is 2. The van der Waals surface area contributed by atoms with Gasteiger partial charge in [0, 0.05) is 6.04 Å². The lowest BCUT2D eigenvalue weighted by Gasteiger charge is -2.17. The molecule has 23 heavy (non-hydrogen) atoms. The molecule has 2 aromatic carbocycles. The Morgan fingerprint density at radius 1 is 0.913 bits per heavy atom. The second-order valence-electron chi connectivity index (χ2n) is 5.38. The standard InChI is InChI=1S/C16H16Cl3NO2S/c1-9-4-5-12(6-10(9)2)11(3)20-23(21,22)16-8-14(18)13(17)7-15(16)19/h4-8,11,20H,1-3H3. The molecule has 0 aromatic heterocycles. The monoisotopic (exact) mass is 391 g/mol. The van der Waals surface area contributed by atoms with E-state index < -0.39 is 16.1 Å². The van der Waals surface area contributed by atoms with Crippen LogP contribution < -0.4 is 4.72 Å². The van der Waals surface area contributed by atoms with Crippen molar-refractivity contribution in [1.29, 1.82) is 0 Å². The molecule has 1 atom stereocenters. The fourth-order valence-electron chi connectivity index (χ4n) is 2.11. The van der Waals surface area contributed by atoms with E-state index in [9.17, 15) is 8.42 Å². The van der Waals surface area contributed by atoms with Crippen LogP contribution in [0.1, 0.15) is 29.7 Å². The van der Waals surface area contributed by atoms with E-state index in [1.807, 2.05) is 32.0 Å². The van der Waals surface area contributed by atoms with Crippen molar-refractivity contribution in [1.82, 2.24) is 4.72 Å². The normalized spacial score (nSPS) is 13.1. The van der Waals surface area contributed by atoms with Crippen molar-refractivity contribution >= 4 is 44.8 Å². The molecular formula is C16H16Cl3NO2S. The van der Waals surface area contributed by atoms with Crippen molar-refractivity contribution in [2.24, 2.45) is 0 Å². The van der Waals surface area contributed by atoms with Gasteiger partial charge >= 0.3 is 0 Å². The van der Waals surface area contributed by atoms with Gasteiger partial charge in [0.1, 0.15) is 4.90 Å². The number of hydrogen-bond donors (Lipinski definition) is 1. The van der Waals surface area contributed by atoms with Gasteiger partial charge in [0.05, 0.1) is 15.1 Å². The minimum Gasteiger partial charge on any atom is -0.207 e. The molecule has 0 aliphatic rings. The fourth-order valence-corrected chi connectivity index (χ4v) is 4.34. The van der Waals surface area contributed by atoms with E-state index in [4.69, 9.17) is 34.8 Å². The Morgan fingerprint density at radius 3 is 2.13 bits per heavy atom. The first-order chi connectivity index (χ1) is 10.6. The van der Waals surface area contributed by atoms with E-state index in [0.717, 1.165) is 16.7 Å². The zero-order valence-electron chi connectivity index (χ0n) is 12.8. The summed E-state index contributed by atoms with van der Waals surface area (Å²) in [6.45, 7) is 5.76. The fraction of sp³-hybridized carbons (Fsp3) is 0.250. The van der Waals surface area contributed by atoms with Crippen LogP contribution in [0.4, 0.5) is 0 Å². The SMILES string of the molecule is Cc1ccc(C(C)NS(=O)(=O)c2cc(Cl)c(Cl)cc2Cl)cc1C. The maximum atomic E-state index is 12.6. The lowest BCUT2D eigenvalue weighted by Crippen LogP contribution is -2.27. The molecule has 0 amide bonds. The third-order valence-corrected chi connectivity index (χ3v) is 6.35. The number of halogens is 3. The highest BCUT2D eigenvalue weighted by atomic mass is 35.5. The van der Waals surface area contributed by atoms with Crippen LogP contribution in [0.3, 0.4) is 0 Å². The summed E-state index contributed by atoms with van der Waals surface area (Å²) in [4.78, 5) is -0.0933. The summed E-state index contributed by atoms with van der Waals surface area (Å²) in [5.41, 5.74) is 3.12. The summed E-state index contributed by atoms with van der Waals surface area (Å²) in [6.07, 6.45) is 0. The lowest BCUT2D eigenvalue weighted by atomic mass is 10.0. The Labute approximate surface area is 151 Å². The van der Waals surface area contributed by atoms with Crippen LogP contribution in [-0.2, 0) is 10.0 Å². The molecule has 0 fully saturated rings. The lowest BCUT2D eigenvalue weighted by molar-refractivity contribution is 0.567. The molecule has 0 spiro atoms. The van der Waals surface area contributed by atoms with Crippen molar-refractivity contribution in [3.05, 3.63) is 62.1 Å². The van der Waals surface area contributed by atoms with Crippen LogP contribution >= 0.6 is 34.8 Å². The predicted octanol–water partition coefficient (Wildman–Crippen LogP) is 5.30. The maximum Gasteiger partial charge on any atom is 0.242 e. The van der Waals surface area contributed by atoms with Crippen molar-refractivity contribution in [2.75, 3.05) is 0 Å². The molecule has 0 radical (unpaired) electrons. The molecule has 0 saturated carbocycles. The predicted molar refractivity (Wildman–Crippen MR) is 96.1 cm³/mol. The second-order valence-corrected chi connectivity index (χ2v) is 8.29. The van der Waals surface area contributed by atoms with Gasteiger partial charge in [0.2, 0.25) is 10.0 Å². The van der Waals surface area contributed by atoms with Crippen molar-refractivity contribution in [2.45, 2.75) is 31.7 Å². The molecule has 0 bridgehead atoms. The van der Waals surface area contributed by atoms with Crippen LogP contribution in [-0.4, -0.2) is 8.42 Å². The zero-order chi connectivity index (χ0) is 17.4. The Morgan fingerprint density at radius 2 is 1.52 bits per heavy atom. The molecule has 0 saturated heterocycles. The largest absolute Gasteiger partial charge is 0.242 e. The van der Waals surface area contributed by atoms with E-state index in [2.05, 4.69) is 4.72 Å². The summed E-state index contributed by atoms with van der Waals surface area (Å²) < 4.78 is 27.7. The van der Waals surface area contributed by atoms with Crippen LogP contribution in [0.25, 0.3) is 0 Å². The Hall–Kier alpha value is -0.780. The average Bonchev–Trinajstić information content (AvgIpc) is 2.45. The van der Waals surface area contributed by atoms with E-state index in [0.29, 0.717) is 0 Å². The highest BCUT2D eigenvalue weighted by molar-refractivity contribution is 7.89. The van der Waals surface area contributed by atoms with Crippen molar-refractivity contribution < 1.29 is 8.42 Å². The molecule has 1 N–H and O–H groups in total. The van der Waals surface area contributed by atoms with Gasteiger partial charge < -0.3 is 0 Å². The maximum absolute atomic E-state index is 12.6. The van der Waals surface area contributed by atoms with Gasteiger partial charge in [-0.15, -0.1) is 0 Å². The second kappa shape index (κ2) is 6.99. The zero-order valence-corrected chi connectivity index (χ0v) is 15.9. The summed E-state index contributed by atoms with van der Waals surface area (Å²) in [7, 11) is -3.83. The van der Waals surface area contributed by atoms with Crippen LogP contribution in [0.5, 0.6) is 0 Å². The van der Waals surface area contributed by atoms with E-state index in [-0.39, 0.29) is 20.0 Å². The van der Waals surface area contributed by atoms with Crippen LogP contribution in [0.15, 0.2) is 35.2 Å². The van der Waals surface area contributed by atoms with Gasteiger partial charge in [-0.2, -0.15) is 0 Å². The average molecular weight is 393 g/mol. The Bertz CT molecular complexity index is 851. The summed E-state index contributed by atoms with van der Waals surface area (Å²) in [6, 6.07) is 7.97. The third-order valence-electron chi connectivity index (χ3n) is 3.63. The number of sulfonamides is 1. The first-order valence-electron chi connectivity index (χ1n) is 6.86. The topological polar surface area (TPSA) is 46.2 Å². The minimum atomic E-state index is -3.83. The van der Waals surface area contributed by atoms with Gasteiger partial charge in [-0.05, 0) is 49.6 Å². The molecule has 2 rings (SSSR count). The van der Waals surface area contributed by atoms with Gasteiger partial charge in [-0.3, -0.25) is 0 Å². The molecule has 3 nitrogen and oxygen atoms in total. The molecule has 2 aromatic rings. The summed E-state index contributed by atoms with van der Waals surface area (Å²) in [5, 5.41) is 0.368. The van der Waals surface area contributed by atoms with Gasteiger partial charge in [-0.1, -0.05) is 53.0 Å². The minimum absolute atomic E-state index is 0.0270. The van der Waals surface area contributed by atoms with E-state index in [1.165, 1.54) is 12.1 Å². The van der Waals surface area contributed by atoms with Crippen molar-refractivity contribution in [3.8, 4) is 0 Å². The molecular weight excluding hydrogens is 377 g/mol. The number of aryl methyl sites for hydroxylation is 2. The molecule has 0 aliphatic carbocycles. The molecule has 124 valence electrons. The highest BCUT2D eigenvalue weighted by Gasteiger charge is 2.22. The third kappa shape index (κ3) is 4.20. The van der Waals surface area contributed by atoms with Crippen LogP contribution in [0.2, 0.25) is 15.1 Å². The molecule has 7 heteroatoms. The Kier molecular flexibility index (Phi) is 5.64. The van der Waals surface area contributed by atoms with Gasteiger partial charge in [0.25, 0.3) is 0 Å². The quantitative estimate of drug-likeness (QED) is 0.717. The molecule has 0 aliphatic heterocycles. The van der Waals surface area contributed by atoms with Gasteiger partial charge in [-0.25, -0.2) is 13.1 Å². The molecule has 0 heterocycles. The Balaban J connectivity index is 2.34. The molecule has 1 unspecified atom stereocenters. The van der Waals surface area contributed by atoms with E-state index in [1.54, 1.807) is 6.92 Å². The number of hydrogen-bond acceptors (Lipinski definition) is 2. The van der Waals surface area contributed by atoms with Crippen LogP contribution in [0, 0.1) is 13.8 Å². The smallest absolute Gasteiger partial charge is 0.207 e. The summed E-state index contributed by atoms with van der Waals surface area (Å²) in [5.74, 6) is 0. The van der Waals surface area contributed by atoms with Crippen molar-refractivity contribution in [3.63, 3.8) is 0 Å².